The van der Waals surface area contributed by atoms with Crippen molar-refractivity contribution in [3.63, 3.8) is 0 Å². The van der Waals surface area contributed by atoms with E-state index in [0.29, 0.717) is 6.42 Å². The van der Waals surface area contributed by atoms with Crippen LogP contribution in [-0.2, 0) is 39.5 Å². The molecule has 6 rings (SSSR count). The molecule has 0 aromatic heterocycles. The summed E-state index contributed by atoms with van der Waals surface area (Å²) < 4.78 is 5.46. The minimum Gasteiger partial charge on any atom is -0.463 e. The summed E-state index contributed by atoms with van der Waals surface area (Å²) in [5, 5.41) is 9.78. The summed E-state index contributed by atoms with van der Waals surface area (Å²) in [6, 6.07) is 13.8. The number of hydrogen-bond donors (Lipinski definition) is 1. The molecule has 2 aromatic carbocycles. The van der Waals surface area contributed by atoms with E-state index in [1.54, 1.807) is 26.0 Å². The first-order chi connectivity index (χ1) is 29.2. The number of carbonyl (C=O) groups excluding carboxylic acids is 7. The highest BCUT2D eigenvalue weighted by atomic mass is 16.5. The number of urea groups is 2. The van der Waals surface area contributed by atoms with Crippen LogP contribution in [0.15, 0.2) is 95.4 Å². The molecule has 8 amide bonds. The second-order valence-corrected chi connectivity index (χ2v) is 17.5. The number of allylic oxidation sites excluding steroid dienone is 6. The van der Waals surface area contributed by atoms with E-state index >= 15 is 0 Å². The molecule has 15 nitrogen and oxygen atoms in total. The molecule has 0 bridgehead atoms. The fourth-order valence-corrected chi connectivity index (χ4v) is 8.46. The minimum atomic E-state index is -0.953. The molecule has 4 heterocycles. The number of carbonyl (C=O) groups is 7. The van der Waals surface area contributed by atoms with Gasteiger partial charge in [0.2, 0.25) is 0 Å². The molecule has 2 aromatic rings. The number of likely N-dealkylation sites (N-methyl/N-ethyl adjacent to an activating group) is 2. The number of anilines is 2. The van der Waals surface area contributed by atoms with Gasteiger partial charge in [-0.05, 0) is 74.3 Å². The van der Waals surface area contributed by atoms with Crippen LogP contribution in [-0.4, -0.2) is 120 Å². The first-order valence-corrected chi connectivity index (χ1v) is 20.9. The third-order valence-corrected chi connectivity index (χ3v) is 12.6. The average Bonchev–Trinajstić information content (AvgIpc) is 3.56. The fraction of sp³-hybridized carbons (Fsp3) is 0.426. The SMILES string of the molecule is CCC(C)(C)C(=O)OCCN1C(=O)/C(=C\C=C2\N(C)c3ccccc3C2(C)C)C(=O)N(CCCN2C(=O)/C(=C/C=C3/N(C)c4ccccc4C3(C)C)C(=O)N(CCO)C2=O)C1=O. The van der Waals surface area contributed by atoms with E-state index in [1.807, 2.05) is 107 Å². The number of barbiturate groups is 2. The molecule has 0 atom stereocenters. The predicted molar refractivity (Wildman–Crippen MR) is 232 cm³/mol. The van der Waals surface area contributed by atoms with Crippen LogP contribution in [0.25, 0.3) is 0 Å². The van der Waals surface area contributed by atoms with Crippen molar-refractivity contribution in [2.45, 2.75) is 72.1 Å². The fourth-order valence-electron chi connectivity index (χ4n) is 8.46. The maximum atomic E-state index is 14.1. The second-order valence-electron chi connectivity index (χ2n) is 17.5. The zero-order chi connectivity index (χ0) is 45.5. The van der Waals surface area contributed by atoms with Crippen LogP contribution in [0.1, 0.15) is 72.4 Å². The molecule has 2 saturated heterocycles. The Labute approximate surface area is 362 Å². The molecule has 328 valence electrons. The molecule has 0 radical (unpaired) electrons. The van der Waals surface area contributed by atoms with Gasteiger partial charge in [0.1, 0.15) is 17.8 Å². The number of amides is 8. The predicted octanol–water partition coefficient (Wildman–Crippen LogP) is 5.41. The van der Waals surface area contributed by atoms with E-state index < -0.39 is 64.5 Å². The first-order valence-electron chi connectivity index (χ1n) is 20.9. The molecule has 0 unspecified atom stereocenters. The minimum absolute atomic E-state index is 0.114. The molecular formula is C47H56N6O9. The van der Waals surface area contributed by atoms with Gasteiger partial charge in [0.05, 0.1) is 25.1 Å². The van der Waals surface area contributed by atoms with Gasteiger partial charge < -0.3 is 19.6 Å². The Hall–Kier alpha value is -6.35. The van der Waals surface area contributed by atoms with Crippen LogP contribution in [0.2, 0.25) is 0 Å². The zero-order valence-corrected chi connectivity index (χ0v) is 37.0. The molecule has 4 aliphatic heterocycles. The molecule has 4 aliphatic rings. The van der Waals surface area contributed by atoms with E-state index in [2.05, 4.69) is 0 Å². The number of nitrogens with zero attached hydrogens (tertiary/aromatic N) is 6. The number of para-hydroxylation sites is 2. The van der Waals surface area contributed by atoms with Crippen LogP contribution in [0.5, 0.6) is 0 Å². The third kappa shape index (κ3) is 7.85. The highest BCUT2D eigenvalue weighted by molar-refractivity contribution is 6.29. The van der Waals surface area contributed by atoms with Crippen LogP contribution in [0.4, 0.5) is 21.0 Å². The van der Waals surface area contributed by atoms with Gasteiger partial charge >= 0.3 is 18.0 Å². The maximum Gasteiger partial charge on any atom is 0.334 e. The highest BCUT2D eigenvalue weighted by Crippen LogP contribution is 2.48. The van der Waals surface area contributed by atoms with Crippen LogP contribution in [0, 0.1) is 5.41 Å². The van der Waals surface area contributed by atoms with E-state index in [9.17, 15) is 38.7 Å². The van der Waals surface area contributed by atoms with Crippen LogP contribution in [0.3, 0.4) is 0 Å². The molecule has 1 N–H and O–H groups in total. The quantitative estimate of drug-likeness (QED) is 0.156. The van der Waals surface area contributed by atoms with Crippen molar-refractivity contribution < 1.29 is 43.4 Å². The Morgan fingerprint density at radius 2 is 1.02 bits per heavy atom. The largest absolute Gasteiger partial charge is 0.463 e. The number of β-amino-alcohol motifs (C(OH)–C–C–N with tert-alkyl or cyclic N) is 1. The van der Waals surface area contributed by atoms with Crippen molar-refractivity contribution in [2.24, 2.45) is 5.41 Å². The summed E-state index contributed by atoms with van der Waals surface area (Å²) in [5.74, 6) is -3.98. The van der Waals surface area contributed by atoms with Crippen LogP contribution < -0.4 is 9.80 Å². The normalized spacial score (nSPS) is 21.4. The number of aliphatic hydroxyl groups excluding tert-OH is 1. The van der Waals surface area contributed by atoms with E-state index in [-0.39, 0.29) is 50.4 Å². The second kappa shape index (κ2) is 17.2. The third-order valence-electron chi connectivity index (χ3n) is 12.6. The lowest BCUT2D eigenvalue weighted by molar-refractivity contribution is -0.155. The number of esters is 1. The Balaban J connectivity index is 1.27. The maximum absolute atomic E-state index is 14.1. The summed E-state index contributed by atoms with van der Waals surface area (Å²) in [7, 11) is 3.78. The Morgan fingerprint density at radius 3 is 1.40 bits per heavy atom. The van der Waals surface area contributed by atoms with Gasteiger partial charge in [-0.15, -0.1) is 0 Å². The van der Waals surface area contributed by atoms with Gasteiger partial charge in [0.15, 0.2) is 0 Å². The highest BCUT2D eigenvalue weighted by Gasteiger charge is 2.45. The van der Waals surface area contributed by atoms with Crippen molar-refractivity contribution >= 4 is 53.0 Å². The average molecular weight is 849 g/mol. The zero-order valence-electron chi connectivity index (χ0n) is 37.0. The van der Waals surface area contributed by atoms with Gasteiger partial charge in [-0.1, -0.05) is 71.0 Å². The van der Waals surface area contributed by atoms with E-state index in [0.717, 1.165) is 53.5 Å². The number of aliphatic hydroxyl groups is 1. The monoisotopic (exact) mass is 848 g/mol. The van der Waals surface area contributed by atoms with Crippen LogP contribution >= 0.6 is 0 Å². The number of rotatable bonds is 13. The number of hydrogen-bond acceptors (Lipinski definition) is 11. The molecule has 0 spiro atoms. The Morgan fingerprint density at radius 1 is 0.629 bits per heavy atom. The van der Waals surface area contributed by atoms with Gasteiger partial charge in [-0.25, -0.2) is 9.59 Å². The van der Waals surface area contributed by atoms with Gasteiger partial charge in [-0.2, -0.15) is 0 Å². The molecule has 2 fully saturated rings. The molecule has 0 saturated carbocycles. The van der Waals surface area contributed by atoms with Gasteiger partial charge in [-0.3, -0.25) is 43.6 Å². The van der Waals surface area contributed by atoms with Gasteiger partial charge in [0.25, 0.3) is 23.6 Å². The van der Waals surface area contributed by atoms with E-state index in [4.69, 9.17) is 4.74 Å². The van der Waals surface area contributed by atoms with Crippen molar-refractivity contribution in [1.29, 1.82) is 0 Å². The van der Waals surface area contributed by atoms with Crippen molar-refractivity contribution in [2.75, 3.05) is 63.3 Å². The van der Waals surface area contributed by atoms with Crippen molar-refractivity contribution in [1.82, 2.24) is 19.6 Å². The van der Waals surface area contributed by atoms with Crippen molar-refractivity contribution in [3.8, 4) is 0 Å². The van der Waals surface area contributed by atoms with E-state index in [1.165, 1.54) is 12.2 Å². The smallest absolute Gasteiger partial charge is 0.334 e. The van der Waals surface area contributed by atoms with Gasteiger partial charge in [0, 0.05) is 60.8 Å². The lowest BCUT2D eigenvalue weighted by Gasteiger charge is -2.36. The summed E-state index contributed by atoms with van der Waals surface area (Å²) in [6.45, 7) is 11.2. The lowest BCUT2D eigenvalue weighted by atomic mass is 9.83. The number of imide groups is 4. The topological polar surface area (TPSA) is 168 Å². The summed E-state index contributed by atoms with van der Waals surface area (Å²) in [4.78, 5) is 103. The molecule has 15 heteroatoms. The number of fused-ring (bicyclic) bond motifs is 2. The number of ether oxygens (including phenoxy) is 1. The molecule has 0 aliphatic carbocycles. The summed E-state index contributed by atoms with van der Waals surface area (Å²) >= 11 is 0. The number of benzene rings is 2. The summed E-state index contributed by atoms with van der Waals surface area (Å²) in [6.07, 6.45) is 6.53. The standard InChI is InChI=1S/C47H56N6O9/c1-10-45(2,3)42(59)62-29-27-53-41(58)31(21-23-37-47(6,7)33-17-12-14-19-35(33)49(37)9)39(56)51(44(53)61)25-15-24-50-38(55)30(40(57)52(26-28-54)43(50)60)20-22-36-46(4,5)32-16-11-13-18-34(32)48(36)8/h11-14,16-23,54H,10,15,24-29H2,1-9H3/b30-20-,31-21-,36-22+,37-23+. The lowest BCUT2D eigenvalue weighted by Crippen LogP contribution is -2.59. The Bertz CT molecular complexity index is 2350. The molecular weight excluding hydrogens is 793 g/mol. The summed E-state index contributed by atoms with van der Waals surface area (Å²) in [5.41, 5.74) is 3.30. The Kier molecular flexibility index (Phi) is 12.5. The first kappa shape index (κ1) is 45.2. The molecule has 62 heavy (non-hydrogen) atoms. The van der Waals surface area contributed by atoms with Crippen molar-refractivity contribution in [3.05, 3.63) is 107 Å².